The van der Waals surface area contributed by atoms with Crippen molar-refractivity contribution in [2.24, 2.45) is 0 Å². The highest BCUT2D eigenvalue weighted by Crippen LogP contribution is 2.16. The van der Waals surface area contributed by atoms with Crippen LogP contribution in [0, 0.1) is 13.8 Å². The fraction of sp³-hybridized carbons (Fsp3) is 0.579. The van der Waals surface area contributed by atoms with Crippen molar-refractivity contribution in [2.45, 2.75) is 53.1 Å². The first-order valence-corrected chi connectivity index (χ1v) is 8.52. The summed E-state index contributed by atoms with van der Waals surface area (Å²) in [5.74, 6) is 0.489. The molecule has 0 heterocycles. The third-order valence-corrected chi connectivity index (χ3v) is 3.67. The van der Waals surface area contributed by atoms with Crippen LogP contribution in [0.15, 0.2) is 18.2 Å². The summed E-state index contributed by atoms with van der Waals surface area (Å²) < 4.78 is 5.76. The van der Waals surface area contributed by atoms with Crippen molar-refractivity contribution in [1.29, 1.82) is 0 Å². The van der Waals surface area contributed by atoms with Gasteiger partial charge in [-0.25, -0.2) is 4.79 Å². The van der Waals surface area contributed by atoms with Gasteiger partial charge in [-0.1, -0.05) is 6.07 Å². The molecule has 25 heavy (non-hydrogen) atoms. The van der Waals surface area contributed by atoms with E-state index in [1.165, 1.54) is 0 Å². The number of rotatable bonds is 6. The van der Waals surface area contributed by atoms with Crippen LogP contribution in [-0.2, 0) is 4.79 Å². The van der Waals surface area contributed by atoms with E-state index in [9.17, 15) is 9.59 Å². The van der Waals surface area contributed by atoms with Crippen molar-refractivity contribution in [3.8, 4) is 5.75 Å². The molecule has 1 aromatic rings. The maximum atomic E-state index is 12.1. The molecule has 0 saturated carbocycles. The van der Waals surface area contributed by atoms with Crippen LogP contribution in [0.5, 0.6) is 5.75 Å². The first-order chi connectivity index (χ1) is 11.5. The molecule has 0 aromatic heterocycles. The summed E-state index contributed by atoms with van der Waals surface area (Å²) in [5, 5.41) is 5.07. The van der Waals surface area contributed by atoms with Gasteiger partial charge in [-0.05, 0) is 71.8 Å². The molecular weight excluding hydrogens is 318 g/mol. The summed E-state index contributed by atoms with van der Waals surface area (Å²) in [6.07, 6.45) is 0. The summed E-state index contributed by atoms with van der Waals surface area (Å²) >= 11 is 0. The van der Waals surface area contributed by atoms with Gasteiger partial charge in [-0.2, -0.15) is 0 Å². The Kier molecular flexibility index (Phi) is 7.42. The van der Waals surface area contributed by atoms with Crippen LogP contribution in [0.25, 0.3) is 0 Å². The number of hydrogen-bond donors (Lipinski definition) is 2. The molecule has 1 atom stereocenters. The van der Waals surface area contributed by atoms with Crippen LogP contribution < -0.4 is 15.4 Å². The molecular formula is C19H31N3O3. The molecule has 0 aliphatic carbocycles. The number of imide groups is 1. The predicted molar refractivity (Wildman–Crippen MR) is 99.9 cm³/mol. The van der Waals surface area contributed by atoms with Crippen LogP contribution in [0.3, 0.4) is 0 Å². The van der Waals surface area contributed by atoms with E-state index < -0.39 is 12.1 Å². The fourth-order valence-corrected chi connectivity index (χ4v) is 2.31. The lowest BCUT2D eigenvalue weighted by molar-refractivity contribution is -0.124. The predicted octanol–water partition coefficient (Wildman–Crippen LogP) is 2.63. The second-order valence-corrected chi connectivity index (χ2v) is 7.52. The molecule has 3 amide bonds. The minimum atomic E-state index is -0.482. The maximum Gasteiger partial charge on any atom is 0.321 e. The number of carbonyl (C=O) groups is 2. The molecule has 1 unspecified atom stereocenters. The zero-order valence-electron chi connectivity index (χ0n) is 16.4. The number of benzene rings is 1. The zero-order chi connectivity index (χ0) is 19.2. The van der Waals surface area contributed by atoms with E-state index in [-0.39, 0.29) is 11.4 Å². The summed E-state index contributed by atoms with van der Waals surface area (Å²) in [6, 6.07) is 5.14. The van der Waals surface area contributed by atoms with Gasteiger partial charge in [0.05, 0.1) is 6.04 Å². The molecule has 0 saturated heterocycles. The molecule has 0 bridgehead atoms. The van der Waals surface area contributed by atoms with E-state index in [0.29, 0.717) is 13.2 Å². The number of amides is 3. The van der Waals surface area contributed by atoms with Gasteiger partial charge in [-0.3, -0.25) is 15.0 Å². The number of likely N-dealkylation sites (N-methyl/N-ethyl adjacent to an activating group) is 1. The molecule has 0 aliphatic rings. The highest BCUT2D eigenvalue weighted by Gasteiger charge is 2.22. The van der Waals surface area contributed by atoms with Crippen LogP contribution in [0.1, 0.15) is 38.8 Å². The van der Waals surface area contributed by atoms with Crippen molar-refractivity contribution in [2.75, 3.05) is 20.2 Å². The molecule has 0 aliphatic heterocycles. The molecule has 6 heteroatoms. The van der Waals surface area contributed by atoms with Crippen LogP contribution in [0.2, 0.25) is 0 Å². The molecule has 0 fully saturated rings. The molecule has 140 valence electrons. The summed E-state index contributed by atoms with van der Waals surface area (Å²) in [4.78, 5) is 25.8. The monoisotopic (exact) mass is 349 g/mol. The van der Waals surface area contributed by atoms with Crippen LogP contribution in [0.4, 0.5) is 4.79 Å². The van der Waals surface area contributed by atoms with Gasteiger partial charge in [0.15, 0.2) is 0 Å². The third kappa shape index (κ3) is 8.03. The Balaban J connectivity index is 2.44. The van der Waals surface area contributed by atoms with Crippen LogP contribution in [-0.4, -0.2) is 48.6 Å². The zero-order valence-corrected chi connectivity index (χ0v) is 16.4. The second kappa shape index (κ2) is 8.85. The number of aryl methyl sites for hydroxylation is 2. The summed E-state index contributed by atoms with van der Waals surface area (Å²) in [5.41, 5.74) is 1.92. The maximum absolute atomic E-state index is 12.1. The Bertz CT molecular complexity index is 588. The minimum Gasteiger partial charge on any atom is -0.492 e. The Morgan fingerprint density at radius 2 is 1.72 bits per heavy atom. The van der Waals surface area contributed by atoms with Crippen molar-refractivity contribution < 1.29 is 14.3 Å². The van der Waals surface area contributed by atoms with E-state index in [4.69, 9.17) is 4.74 Å². The van der Waals surface area contributed by atoms with E-state index in [2.05, 4.69) is 16.7 Å². The van der Waals surface area contributed by atoms with E-state index in [1.54, 1.807) is 6.92 Å². The molecule has 0 spiro atoms. The van der Waals surface area contributed by atoms with Gasteiger partial charge >= 0.3 is 6.03 Å². The van der Waals surface area contributed by atoms with Gasteiger partial charge in [-0.15, -0.1) is 0 Å². The molecule has 0 radical (unpaired) electrons. The first kappa shape index (κ1) is 21.0. The highest BCUT2D eigenvalue weighted by molar-refractivity contribution is 5.97. The lowest BCUT2D eigenvalue weighted by atomic mass is 10.1. The normalized spacial score (nSPS) is 12.6. The Morgan fingerprint density at radius 3 is 2.24 bits per heavy atom. The van der Waals surface area contributed by atoms with Crippen molar-refractivity contribution in [3.63, 3.8) is 0 Å². The number of urea groups is 1. The quantitative estimate of drug-likeness (QED) is 0.828. The van der Waals surface area contributed by atoms with E-state index in [1.807, 2.05) is 58.7 Å². The van der Waals surface area contributed by atoms with Crippen molar-refractivity contribution >= 4 is 11.9 Å². The summed E-state index contributed by atoms with van der Waals surface area (Å²) in [7, 11) is 1.83. The lowest BCUT2D eigenvalue weighted by Gasteiger charge is -2.25. The average molecular weight is 349 g/mol. The number of ether oxygens (including phenoxy) is 1. The van der Waals surface area contributed by atoms with E-state index in [0.717, 1.165) is 16.9 Å². The third-order valence-electron chi connectivity index (χ3n) is 3.67. The number of hydrogen-bond acceptors (Lipinski definition) is 4. The standard InChI is InChI=1S/C19H31N3O3/c1-13-10-14(2)12-16(11-13)25-9-8-22(7)15(3)17(23)20-18(24)21-19(4,5)6/h10-12,15H,8-9H2,1-7H3,(H2,20,21,23,24). The highest BCUT2D eigenvalue weighted by atomic mass is 16.5. The topological polar surface area (TPSA) is 70.7 Å². The summed E-state index contributed by atoms with van der Waals surface area (Å²) in [6.45, 7) is 12.4. The number of nitrogens with zero attached hydrogens (tertiary/aromatic N) is 1. The molecule has 1 aromatic carbocycles. The lowest BCUT2D eigenvalue weighted by Crippen LogP contribution is -2.52. The minimum absolute atomic E-state index is 0.337. The van der Waals surface area contributed by atoms with Crippen molar-refractivity contribution in [1.82, 2.24) is 15.5 Å². The van der Waals surface area contributed by atoms with Gasteiger partial charge in [0.2, 0.25) is 5.91 Å². The molecule has 6 nitrogen and oxygen atoms in total. The van der Waals surface area contributed by atoms with Gasteiger partial charge < -0.3 is 10.1 Å². The first-order valence-electron chi connectivity index (χ1n) is 8.52. The molecule has 1 rings (SSSR count). The van der Waals surface area contributed by atoms with E-state index >= 15 is 0 Å². The second-order valence-electron chi connectivity index (χ2n) is 7.52. The van der Waals surface area contributed by atoms with Gasteiger partial charge in [0.25, 0.3) is 0 Å². The van der Waals surface area contributed by atoms with Gasteiger partial charge in [0.1, 0.15) is 12.4 Å². The van der Waals surface area contributed by atoms with Crippen molar-refractivity contribution in [3.05, 3.63) is 29.3 Å². The number of nitrogens with one attached hydrogen (secondary N) is 2. The van der Waals surface area contributed by atoms with Crippen LogP contribution >= 0.6 is 0 Å². The Morgan fingerprint density at radius 1 is 1.16 bits per heavy atom. The largest absolute Gasteiger partial charge is 0.492 e. The SMILES string of the molecule is Cc1cc(C)cc(OCCN(C)C(C)C(=O)NC(=O)NC(C)(C)C)c1. The average Bonchev–Trinajstić information content (AvgIpc) is 2.42. The molecule has 2 N–H and O–H groups in total. The van der Waals surface area contributed by atoms with Gasteiger partial charge in [0, 0.05) is 12.1 Å². The fourth-order valence-electron chi connectivity index (χ4n) is 2.31. The smallest absolute Gasteiger partial charge is 0.321 e. The number of carbonyl (C=O) groups excluding carboxylic acids is 2. The Hall–Kier alpha value is -2.08. The Labute approximate surface area is 150 Å².